The van der Waals surface area contributed by atoms with Gasteiger partial charge < -0.3 is 14.8 Å². The number of aromatic nitrogens is 4. The summed E-state index contributed by atoms with van der Waals surface area (Å²) >= 11 is 1.69. The van der Waals surface area contributed by atoms with E-state index in [1.54, 1.807) is 17.7 Å². The van der Waals surface area contributed by atoms with E-state index in [0.29, 0.717) is 18.7 Å². The molecule has 5 rings (SSSR count). The van der Waals surface area contributed by atoms with E-state index >= 15 is 0 Å². The fourth-order valence-corrected chi connectivity index (χ4v) is 4.11. The van der Waals surface area contributed by atoms with Gasteiger partial charge in [0, 0.05) is 37.8 Å². The fourth-order valence-electron chi connectivity index (χ4n) is 3.42. The summed E-state index contributed by atoms with van der Waals surface area (Å²) in [6.07, 6.45) is 1.64. The van der Waals surface area contributed by atoms with E-state index in [2.05, 4.69) is 42.6 Å². The summed E-state index contributed by atoms with van der Waals surface area (Å²) < 4.78 is 0. The van der Waals surface area contributed by atoms with Gasteiger partial charge in [0.2, 0.25) is 0 Å². The summed E-state index contributed by atoms with van der Waals surface area (Å²) in [7, 11) is 0. The molecule has 0 saturated carbocycles. The molecule has 0 radical (unpaired) electrons. The average Bonchev–Trinajstić information content (AvgIpc) is 3.48. The highest BCUT2D eigenvalue weighted by Crippen LogP contribution is 2.26. The van der Waals surface area contributed by atoms with Crippen molar-refractivity contribution in [1.29, 1.82) is 0 Å². The lowest BCUT2D eigenvalue weighted by molar-refractivity contribution is 0.0746. The summed E-state index contributed by atoms with van der Waals surface area (Å²) in [6.45, 7) is 2.90. The lowest BCUT2D eigenvalue weighted by atomic mass is 10.1. The van der Waals surface area contributed by atoms with Crippen molar-refractivity contribution >= 4 is 34.1 Å². The monoisotopic (exact) mass is 378 g/mol. The molecule has 0 atom stereocenters. The molecule has 1 aliphatic heterocycles. The number of H-pyrrole nitrogens is 2. The summed E-state index contributed by atoms with van der Waals surface area (Å²) in [5, 5.41) is 9.61. The molecular formula is C19H18N6OS. The number of piperazine rings is 1. The third kappa shape index (κ3) is 2.97. The Morgan fingerprint density at radius 1 is 1.11 bits per heavy atom. The Morgan fingerprint density at radius 2 is 2.00 bits per heavy atom. The molecule has 1 aliphatic rings. The largest absolute Gasteiger partial charge is 0.352 e. The summed E-state index contributed by atoms with van der Waals surface area (Å²) in [4.78, 5) is 25.4. The van der Waals surface area contributed by atoms with Gasteiger partial charge in [-0.15, -0.1) is 11.3 Å². The van der Waals surface area contributed by atoms with Crippen molar-refractivity contribution in [2.75, 3.05) is 31.1 Å². The molecule has 1 amide bonds. The highest BCUT2D eigenvalue weighted by Gasteiger charge is 2.24. The molecule has 7 nitrogen and oxygen atoms in total. The van der Waals surface area contributed by atoms with Gasteiger partial charge in [0.1, 0.15) is 0 Å². The van der Waals surface area contributed by atoms with Crippen LogP contribution < -0.4 is 4.90 Å². The number of carbonyl (C=O) groups excluding carboxylic acids is 1. The molecule has 8 heteroatoms. The highest BCUT2D eigenvalue weighted by molar-refractivity contribution is 7.13. The topological polar surface area (TPSA) is 80.9 Å². The minimum Gasteiger partial charge on any atom is -0.352 e. The number of amides is 1. The smallest absolute Gasteiger partial charge is 0.254 e. The average molecular weight is 378 g/mol. The molecular weight excluding hydrogens is 360 g/mol. The maximum Gasteiger partial charge on any atom is 0.254 e. The molecule has 0 aliphatic carbocycles. The number of anilines is 1. The van der Waals surface area contributed by atoms with Crippen LogP contribution in [0, 0.1) is 0 Å². The molecule has 1 fully saturated rings. The van der Waals surface area contributed by atoms with Crippen LogP contribution in [0.4, 0.5) is 5.82 Å². The number of imidazole rings is 1. The van der Waals surface area contributed by atoms with E-state index in [1.165, 1.54) is 4.88 Å². The van der Waals surface area contributed by atoms with Gasteiger partial charge in [0.25, 0.3) is 5.91 Å². The van der Waals surface area contributed by atoms with E-state index in [1.807, 2.05) is 29.2 Å². The molecule has 1 saturated heterocycles. The van der Waals surface area contributed by atoms with Crippen LogP contribution >= 0.6 is 11.3 Å². The van der Waals surface area contributed by atoms with Crippen molar-refractivity contribution in [3.8, 4) is 10.6 Å². The van der Waals surface area contributed by atoms with Crippen molar-refractivity contribution in [3.05, 3.63) is 53.7 Å². The van der Waals surface area contributed by atoms with Crippen LogP contribution in [0.3, 0.4) is 0 Å². The number of hydrogen-bond acceptors (Lipinski definition) is 5. The second-order valence-electron chi connectivity index (χ2n) is 6.53. The Morgan fingerprint density at radius 3 is 2.81 bits per heavy atom. The van der Waals surface area contributed by atoms with Crippen LogP contribution in [0.25, 0.3) is 21.6 Å². The number of nitrogens with zero attached hydrogens (tertiary/aromatic N) is 4. The number of carbonyl (C=O) groups is 1. The van der Waals surface area contributed by atoms with Gasteiger partial charge in [0.15, 0.2) is 5.82 Å². The predicted molar refractivity (Wildman–Crippen MR) is 106 cm³/mol. The SMILES string of the molecule is O=C(c1ccc2nc[nH]c2c1)N1CCN(c2cc(-c3cccs3)[nH]n2)CC1. The van der Waals surface area contributed by atoms with Gasteiger partial charge in [-0.2, -0.15) is 5.10 Å². The summed E-state index contributed by atoms with van der Waals surface area (Å²) in [5.74, 6) is 0.997. The van der Waals surface area contributed by atoms with Gasteiger partial charge >= 0.3 is 0 Å². The molecule has 2 N–H and O–H groups in total. The Kier molecular flexibility index (Phi) is 3.90. The number of nitrogens with one attached hydrogen (secondary N) is 2. The minimum absolute atomic E-state index is 0.0625. The summed E-state index contributed by atoms with van der Waals surface area (Å²) in [6, 6.07) is 11.8. The standard InChI is InChI=1S/C19H18N6OS/c26-19(13-3-4-14-15(10-13)21-12-20-14)25-7-5-24(6-8-25)18-11-16(22-23-18)17-2-1-9-27-17/h1-4,9-12H,5-8H2,(H,20,21)(H,22,23). The summed E-state index contributed by atoms with van der Waals surface area (Å²) in [5.41, 5.74) is 3.49. The quantitative estimate of drug-likeness (QED) is 0.574. The van der Waals surface area contributed by atoms with Crippen LogP contribution in [0.2, 0.25) is 0 Å². The molecule has 3 aromatic heterocycles. The minimum atomic E-state index is 0.0625. The molecule has 0 unspecified atom stereocenters. The third-order valence-electron chi connectivity index (χ3n) is 4.91. The predicted octanol–water partition coefficient (Wildman–Crippen LogP) is 2.98. The Hall–Kier alpha value is -3.13. The number of thiophene rings is 1. The van der Waals surface area contributed by atoms with E-state index in [9.17, 15) is 4.79 Å². The number of rotatable bonds is 3. The lowest BCUT2D eigenvalue weighted by Crippen LogP contribution is -2.48. The first kappa shape index (κ1) is 16.1. The number of fused-ring (bicyclic) bond motifs is 1. The maximum absolute atomic E-state index is 12.8. The van der Waals surface area contributed by atoms with Gasteiger partial charge in [0.05, 0.1) is 27.9 Å². The van der Waals surface area contributed by atoms with Crippen LogP contribution in [-0.2, 0) is 0 Å². The van der Waals surface area contributed by atoms with Crippen LogP contribution in [-0.4, -0.2) is 57.2 Å². The van der Waals surface area contributed by atoms with Gasteiger partial charge in [-0.3, -0.25) is 9.89 Å². The van der Waals surface area contributed by atoms with Crippen molar-refractivity contribution < 1.29 is 4.79 Å². The van der Waals surface area contributed by atoms with Crippen LogP contribution in [0.5, 0.6) is 0 Å². The van der Waals surface area contributed by atoms with Crippen molar-refractivity contribution in [2.24, 2.45) is 0 Å². The zero-order valence-corrected chi connectivity index (χ0v) is 15.4. The van der Waals surface area contributed by atoms with Crippen molar-refractivity contribution in [3.63, 3.8) is 0 Å². The number of benzene rings is 1. The van der Waals surface area contributed by atoms with E-state index in [-0.39, 0.29) is 5.91 Å². The van der Waals surface area contributed by atoms with Gasteiger partial charge in [-0.05, 0) is 29.6 Å². The highest BCUT2D eigenvalue weighted by atomic mass is 32.1. The number of hydrogen-bond donors (Lipinski definition) is 2. The van der Waals surface area contributed by atoms with Gasteiger partial charge in [-0.1, -0.05) is 6.07 Å². The molecule has 0 bridgehead atoms. The second-order valence-corrected chi connectivity index (χ2v) is 7.48. The molecule has 1 aromatic carbocycles. The fraction of sp³-hybridized carbons (Fsp3) is 0.211. The lowest BCUT2D eigenvalue weighted by Gasteiger charge is -2.34. The van der Waals surface area contributed by atoms with Crippen molar-refractivity contribution in [1.82, 2.24) is 25.1 Å². The Bertz CT molecular complexity index is 1070. The molecule has 0 spiro atoms. The van der Waals surface area contributed by atoms with E-state index in [4.69, 9.17) is 0 Å². The normalized spacial score (nSPS) is 14.8. The van der Waals surface area contributed by atoms with E-state index in [0.717, 1.165) is 35.6 Å². The maximum atomic E-state index is 12.8. The zero-order valence-electron chi connectivity index (χ0n) is 14.6. The van der Waals surface area contributed by atoms with Gasteiger partial charge in [-0.25, -0.2) is 4.98 Å². The van der Waals surface area contributed by atoms with E-state index < -0.39 is 0 Å². The van der Waals surface area contributed by atoms with Crippen molar-refractivity contribution in [2.45, 2.75) is 0 Å². The number of aromatic amines is 2. The van der Waals surface area contributed by atoms with Crippen LogP contribution in [0.15, 0.2) is 48.1 Å². The molecule has 27 heavy (non-hydrogen) atoms. The second kappa shape index (κ2) is 6.55. The third-order valence-corrected chi connectivity index (χ3v) is 5.81. The zero-order chi connectivity index (χ0) is 18.2. The Balaban J connectivity index is 1.26. The molecule has 4 aromatic rings. The Labute approximate surface area is 159 Å². The molecule has 4 heterocycles. The molecule has 136 valence electrons. The first-order chi connectivity index (χ1) is 13.3. The van der Waals surface area contributed by atoms with Crippen LogP contribution in [0.1, 0.15) is 10.4 Å². The first-order valence-electron chi connectivity index (χ1n) is 8.84. The first-order valence-corrected chi connectivity index (χ1v) is 9.72.